The van der Waals surface area contributed by atoms with Gasteiger partial charge in [0.1, 0.15) is 12.2 Å². The zero-order valence-corrected chi connectivity index (χ0v) is 11.8. The highest BCUT2D eigenvalue weighted by molar-refractivity contribution is 5.16. The van der Waals surface area contributed by atoms with Gasteiger partial charge in [-0.1, -0.05) is 30.3 Å². The minimum absolute atomic E-state index is 0.233. The lowest BCUT2D eigenvalue weighted by atomic mass is 9.91. The van der Waals surface area contributed by atoms with Crippen molar-refractivity contribution in [3.8, 4) is 0 Å². The van der Waals surface area contributed by atoms with Crippen molar-refractivity contribution in [1.82, 2.24) is 0 Å². The molecule has 0 amide bonds. The largest absolute Gasteiger partial charge is 0.396 e. The average Bonchev–Trinajstić information content (AvgIpc) is 2.55. The number of methoxy groups -OCH3 is 1. The van der Waals surface area contributed by atoms with Crippen molar-refractivity contribution in [2.45, 2.75) is 30.9 Å². The number of aliphatic hydroxyl groups excluding tert-OH is 2. The van der Waals surface area contributed by atoms with E-state index in [1.165, 1.54) is 7.11 Å². The van der Waals surface area contributed by atoms with Gasteiger partial charge in [-0.05, 0) is 0 Å². The lowest BCUT2D eigenvalue weighted by Crippen LogP contribution is -2.60. The standard InChI is InChI=1S/C15H20O6/c1-18-15-10(7-16)12(17)13-11(20-15)8-19-14(21-13)9-5-3-2-4-6-9/h2-6,10-17H,7-8H2,1H3/t10-,11-,12-,13-,14?,15+/m1/s1. The molecule has 2 fully saturated rings. The zero-order valence-electron chi connectivity index (χ0n) is 11.8. The van der Waals surface area contributed by atoms with Gasteiger partial charge in [0.2, 0.25) is 0 Å². The quantitative estimate of drug-likeness (QED) is 0.843. The second kappa shape index (κ2) is 6.39. The van der Waals surface area contributed by atoms with Crippen LogP contribution in [0.3, 0.4) is 0 Å². The summed E-state index contributed by atoms with van der Waals surface area (Å²) in [6.07, 6.45) is -3.02. The third kappa shape index (κ3) is 2.83. The van der Waals surface area contributed by atoms with Crippen LogP contribution in [0.4, 0.5) is 0 Å². The molecule has 0 spiro atoms. The summed E-state index contributed by atoms with van der Waals surface area (Å²) in [4.78, 5) is 0. The van der Waals surface area contributed by atoms with Gasteiger partial charge in [-0.3, -0.25) is 0 Å². The Bertz CT molecular complexity index is 453. The van der Waals surface area contributed by atoms with Gasteiger partial charge in [0.15, 0.2) is 12.6 Å². The molecule has 0 bridgehead atoms. The lowest BCUT2D eigenvalue weighted by molar-refractivity contribution is -0.352. The van der Waals surface area contributed by atoms with Crippen LogP contribution in [-0.4, -0.2) is 55.1 Å². The van der Waals surface area contributed by atoms with Crippen LogP contribution in [-0.2, 0) is 18.9 Å². The number of hydrogen-bond donors (Lipinski definition) is 2. The molecule has 2 saturated heterocycles. The maximum atomic E-state index is 10.4. The van der Waals surface area contributed by atoms with Gasteiger partial charge in [0, 0.05) is 12.7 Å². The predicted octanol–water partition coefficient (Wildman–Crippen LogP) is 0.441. The Balaban J connectivity index is 1.75. The Labute approximate surface area is 123 Å². The van der Waals surface area contributed by atoms with Gasteiger partial charge < -0.3 is 29.2 Å². The highest BCUT2D eigenvalue weighted by Crippen LogP contribution is 2.36. The summed E-state index contributed by atoms with van der Waals surface area (Å²) in [6.45, 7) is 0.0718. The van der Waals surface area contributed by atoms with Crippen LogP contribution in [0, 0.1) is 5.92 Å². The smallest absolute Gasteiger partial charge is 0.184 e. The fraction of sp³-hybridized carbons (Fsp3) is 0.600. The average molecular weight is 296 g/mol. The Morgan fingerprint density at radius 3 is 2.67 bits per heavy atom. The molecular weight excluding hydrogens is 276 g/mol. The first-order valence-electron chi connectivity index (χ1n) is 7.03. The highest BCUT2D eigenvalue weighted by Gasteiger charge is 2.49. The first-order valence-corrected chi connectivity index (χ1v) is 7.03. The van der Waals surface area contributed by atoms with Crippen molar-refractivity contribution in [3.63, 3.8) is 0 Å². The summed E-state index contributed by atoms with van der Waals surface area (Å²) < 4.78 is 22.4. The third-order valence-electron chi connectivity index (χ3n) is 4.01. The summed E-state index contributed by atoms with van der Waals surface area (Å²) in [5.74, 6) is -0.536. The Morgan fingerprint density at radius 1 is 1.24 bits per heavy atom. The van der Waals surface area contributed by atoms with Crippen molar-refractivity contribution < 1.29 is 29.2 Å². The Morgan fingerprint density at radius 2 is 2.00 bits per heavy atom. The molecular formula is C15H20O6. The van der Waals surface area contributed by atoms with E-state index in [9.17, 15) is 10.2 Å². The number of aliphatic hydroxyl groups is 2. The van der Waals surface area contributed by atoms with Gasteiger partial charge in [-0.25, -0.2) is 0 Å². The number of ether oxygens (including phenoxy) is 4. The molecule has 1 aromatic rings. The first-order chi connectivity index (χ1) is 10.2. The molecule has 1 aromatic carbocycles. The minimum Gasteiger partial charge on any atom is -0.396 e. The van der Waals surface area contributed by atoms with E-state index in [1.54, 1.807) is 0 Å². The molecule has 6 heteroatoms. The molecule has 2 heterocycles. The highest BCUT2D eigenvalue weighted by atomic mass is 16.7. The summed E-state index contributed by atoms with van der Waals surface area (Å²) >= 11 is 0. The van der Waals surface area contributed by atoms with Crippen molar-refractivity contribution in [3.05, 3.63) is 35.9 Å². The van der Waals surface area contributed by atoms with E-state index in [1.807, 2.05) is 30.3 Å². The molecule has 2 aliphatic rings. The Hall–Kier alpha value is -1.02. The summed E-state index contributed by atoms with van der Waals surface area (Å²) in [5, 5.41) is 19.9. The van der Waals surface area contributed by atoms with Crippen molar-refractivity contribution in [1.29, 1.82) is 0 Å². The molecule has 6 atom stereocenters. The van der Waals surface area contributed by atoms with Crippen molar-refractivity contribution in [2.75, 3.05) is 20.3 Å². The molecule has 3 rings (SSSR count). The van der Waals surface area contributed by atoms with E-state index in [0.29, 0.717) is 6.61 Å². The van der Waals surface area contributed by atoms with E-state index in [2.05, 4.69) is 0 Å². The monoisotopic (exact) mass is 296 g/mol. The number of rotatable bonds is 3. The second-order valence-electron chi connectivity index (χ2n) is 5.29. The van der Waals surface area contributed by atoms with Crippen molar-refractivity contribution in [2.24, 2.45) is 5.92 Å². The van der Waals surface area contributed by atoms with Crippen molar-refractivity contribution >= 4 is 0 Å². The maximum Gasteiger partial charge on any atom is 0.184 e. The lowest BCUT2D eigenvalue weighted by Gasteiger charge is -2.47. The molecule has 6 nitrogen and oxygen atoms in total. The predicted molar refractivity (Wildman–Crippen MR) is 72.3 cm³/mol. The normalized spacial score (nSPS) is 39.8. The number of benzene rings is 1. The van der Waals surface area contributed by atoms with Gasteiger partial charge in [0.25, 0.3) is 0 Å². The fourth-order valence-corrected chi connectivity index (χ4v) is 2.85. The number of fused-ring (bicyclic) bond motifs is 1. The summed E-state index contributed by atoms with van der Waals surface area (Å²) in [5.41, 5.74) is 0.887. The molecule has 2 N–H and O–H groups in total. The van der Waals surface area contributed by atoms with Gasteiger partial charge in [-0.15, -0.1) is 0 Å². The van der Waals surface area contributed by atoms with Crippen LogP contribution >= 0.6 is 0 Å². The maximum absolute atomic E-state index is 10.4. The van der Waals surface area contributed by atoms with Gasteiger partial charge in [-0.2, -0.15) is 0 Å². The van der Waals surface area contributed by atoms with Gasteiger partial charge in [0.05, 0.1) is 25.2 Å². The molecule has 0 aliphatic carbocycles. The van der Waals surface area contributed by atoms with Crippen LogP contribution in [0.25, 0.3) is 0 Å². The van der Waals surface area contributed by atoms with E-state index in [0.717, 1.165) is 5.56 Å². The summed E-state index contributed by atoms with van der Waals surface area (Å²) in [7, 11) is 1.48. The molecule has 0 aromatic heterocycles. The fourth-order valence-electron chi connectivity index (χ4n) is 2.85. The molecule has 2 aliphatic heterocycles. The van der Waals surface area contributed by atoms with Crippen LogP contribution in [0.1, 0.15) is 11.9 Å². The minimum atomic E-state index is -0.867. The molecule has 1 unspecified atom stereocenters. The Kier molecular flexibility index (Phi) is 4.54. The topological polar surface area (TPSA) is 77.4 Å². The SMILES string of the molecule is CO[C@H]1O[C@@H]2COC(c3ccccc3)O[C@H]2[C@H](O)[C@H]1CO. The first kappa shape index (κ1) is 14.9. The van der Waals surface area contributed by atoms with E-state index < -0.39 is 36.8 Å². The molecule has 21 heavy (non-hydrogen) atoms. The number of hydrogen-bond acceptors (Lipinski definition) is 6. The summed E-state index contributed by atoms with van der Waals surface area (Å²) in [6, 6.07) is 9.53. The van der Waals surface area contributed by atoms with Crippen LogP contribution in [0.15, 0.2) is 30.3 Å². The van der Waals surface area contributed by atoms with Crippen LogP contribution in [0.2, 0.25) is 0 Å². The van der Waals surface area contributed by atoms with Crippen LogP contribution in [0.5, 0.6) is 0 Å². The van der Waals surface area contributed by atoms with E-state index >= 15 is 0 Å². The van der Waals surface area contributed by atoms with E-state index in [4.69, 9.17) is 18.9 Å². The molecule has 0 radical (unpaired) electrons. The van der Waals surface area contributed by atoms with E-state index in [-0.39, 0.29) is 6.61 Å². The zero-order chi connectivity index (χ0) is 14.8. The molecule has 0 saturated carbocycles. The second-order valence-corrected chi connectivity index (χ2v) is 5.29. The third-order valence-corrected chi connectivity index (χ3v) is 4.01. The van der Waals surface area contributed by atoms with Crippen LogP contribution < -0.4 is 0 Å². The van der Waals surface area contributed by atoms with Gasteiger partial charge >= 0.3 is 0 Å². The molecule has 116 valence electrons.